The number of hydrogen-bond acceptors (Lipinski definition) is 4. The van der Waals surface area contributed by atoms with Crippen LogP contribution in [-0.4, -0.2) is 35.3 Å². The van der Waals surface area contributed by atoms with Crippen LogP contribution < -0.4 is 10.2 Å². The first kappa shape index (κ1) is 19.1. The number of carbonyl (C=O) groups is 2. The molecule has 0 saturated carbocycles. The summed E-state index contributed by atoms with van der Waals surface area (Å²) in [4.78, 5) is 30.6. The highest BCUT2D eigenvalue weighted by molar-refractivity contribution is 9.11. The number of amides is 2. The van der Waals surface area contributed by atoms with E-state index in [0.717, 1.165) is 16.0 Å². The summed E-state index contributed by atoms with van der Waals surface area (Å²) in [7, 11) is 0. The Balaban J connectivity index is 1.84. The highest BCUT2D eigenvalue weighted by Gasteiger charge is 2.43. The molecule has 1 N–H and O–H groups in total. The Bertz CT molecular complexity index is 834. The van der Waals surface area contributed by atoms with Gasteiger partial charge in [-0.2, -0.15) is 0 Å². The second-order valence-electron chi connectivity index (χ2n) is 6.77. The molecule has 2 amide bonds. The molecule has 5 nitrogen and oxygen atoms in total. The molecule has 0 saturated heterocycles. The maximum atomic E-state index is 13.2. The fraction of sp³-hybridized carbons (Fsp3) is 0.368. The van der Waals surface area contributed by atoms with E-state index in [0.29, 0.717) is 12.2 Å². The maximum Gasteiger partial charge on any atom is 0.250 e. The lowest BCUT2D eigenvalue weighted by atomic mass is 9.96. The van der Waals surface area contributed by atoms with E-state index in [2.05, 4.69) is 32.2 Å². The van der Waals surface area contributed by atoms with Gasteiger partial charge in [-0.05, 0) is 60.6 Å². The average molecular weight is 436 g/mol. The smallest absolute Gasteiger partial charge is 0.250 e. The normalized spacial score (nSPS) is 15.7. The Morgan fingerprint density at radius 3 is 2.65 bits per heavy atom. The van der Waals surface area contributed by atoms with Crippen molar-refractivity contribution in [3.63, 3.8) is 0 Å². The van der Waals surface area contributed by atoms with Crippen LogP contribution in [0.2, 0.25) is 0 Å². The standard InChI is InChI=1S/C19H22BrN3O2S/c1-4-22(11-13-9-10-16(20)26-13)12-17(24)23-15-8-6-5-7-14(15)21-18(25)19(23,2)3/h5-10H,4,11-12H2,1-3H3,(H,21,25). The van der Waals surface area contributed by atoms with Crippen LogP contribution in [-0.2, 0) is 16.1 Å². The average Bonchev–Trinajstić information content (AvgIpc) is 3.00. The minimum Gasteiger partial charge on any atom is -0.322 e. The summed E-state index contributed by atoms with van der Waals surface area (Å²) in [5.41, 5.74) is 0.490. The van der Waals surface area contributed by atoms with Gasteiger partial charge in [-0.25, -0.2) is 0 Å². The Morgan fingerprint density at radius 2 is 2.00 bits per heavy atom. The van der Waals surface area contributed by atoms with Crippen LogP contribution in [0.15, 0.2) is 40.2 Å². The van der Waals surface area contributed by atoms with Gasteiger partial charge >= 0.3 is 0 Å². The van der Waals surface area contributed by atoms with E-state index in [9.17, 15) is 9.59 Å². The SMILES string of the molecule is CCN(CC(=O)N1c2ccccc2NC(=O)C1(C)C)Cc1ccc(Br)s1. The Morgan fingerprint density at radius 1 is 1.27 bits per heavy atom. The van der Waals surface area contributed by atoms with Crippen molar-refractivity contribution in [1.29, 1.82) is 0 Å². The van der Waals surface area contributed by atoms with E-state index in [-0.39, 0.29) is 18.4 Å². The van der Waals surface area contributed by atoms with Gasteiger partial charge < -0.3 is 5.32 Å². The largest absolute Gasteiger partial charge is 0.322 e. The number of nitrogens with one attached hydrogen (secondary N) is 1. The molecule has 3 rings (SSSR count). The molecule has 138 valence electrons. The molecular formula is C19H22BrN3O2S. The van der Waals surface area contributed by atoms with Gasteiger partial charge in [0.25, 0.3) is 0 Å². The third-order valence-electron chi connectivity index (χ3n) is 4.57. The molecule has 0 unspecified atom stereocenters. The number of halogens is 1. The van der Waals surface area contributed by atoms with Crippen LogP contribution in [0.1, 0.15) is 25.6 Å². The van der Waals surface area contributed by atoms with Gasteiger partial charge in [0.2, 0.25) is 11.8 Å². The van der Waals surface area contributed by atoms with Crippen LogP contribution in [0.3, 0.4) is 0 Å². The first-order valence-corrected chi connectivity index (χ1v) is 10.1. The third-order valence-corrected chi connectivity index (χ3v) is 6.18. The van der Waals surface area contributed by atoms with Crippen LogP contribution >= 0.6 is 27.3 Å². The number of nitrogens with zero attached hydrogens (tertiary/aromatic N) is 2. The molecule has 0 radical (unpaired) electrons. The molecule has 7 heteroatoms. The van der Waals surface area contributed by atoms with Crippen molar-refractivity contribution >= 4 is 50.5 Å². The number of thiophene rings is 1. The van der Waals surface area contributed by atoms with E-state index in [1.54, 1.807) is 30.1 Å². The molecule has 26 heavy (non-hydrogen) atoms. The van der Waals surface area contributed by atoms with Gasteiger partial charge in [-0.15, -0.1) is 11.3 Å². The molecule has 0 spiro atoms. The van der Waals surface area contributed by atoms with Crippen molar-refractivity contribution in [3.05, 3.63) is 45.1 Å². The van der Waals surface area contributed by atoms with Gasteiger partial charge in [0, 0.05) is 11.4 Å². The summed E-state index contributed by atoms with van der Waals surface area (Å²) in [5, 5.41) is 2.89. The molecule has 1 aromatic heterocycles. The number of para-hydroxylation sites is 2. The molecule has 0 atom stereocenters. The number of fused-ring (bicyclic) bond motifs is 1. The highest BCUT2D eigenvalue weighted by Crippen LogP contribution is 2.36. The number of carbonyl (C=O) groups excluding carboxylic acids is 2. The molecule has 2 heterocycles. The minimum atomic E-state index is -0.934. The predicted molar refractivity (Wildman–Crippen MR) is 110 cm³/mol. The monoisotopic (exact) mass is 435 g/mol. The van der Waals surface area contributed by atoms with E-state index < -0.39 is 5.54 Å². The number of hydrogen-bond donors (Lipinski definition) is 1. The lowest BCUT2D eigenvalue weighted by Gasteiger charge is -2.42. The van der Waals surface area contributed by atoms with Gasteiger partial charge in [0.15, 0.2) is 0 Å². The van der Waals surface area contributed by atoms with Crippen molar-refractivity contribution < 1.29 is 9.59 Å². The second-order valence-corrected chi connectivity index (χ2v) is 9.32. The van der Waals surface area contributed by atoms with Gasteiger partial charge in [-0.3, -0.25) is 19.4 Å². The third kappa shape index (κ3) is 3.70. The summed E-state index contributed by atoms with van der Waals surface area (Å²) in [6.45, 7) is 7.32. The zero-order chi connectivity index (χ0) is 18.9. The first-order chi connectivity index (χ1) is 12.3. The van der Waals surface area contributed by atoms with Crippen molar-refractivity contribution in [2.45, 2.75) is 32.9 Å². The van der Waals surface area contributed by atoms with E-state index >= 15 is 0 Å². The zero-order valence-electron chi connectivity index (χ0n) is 15.1. The zero-order valence-corrected chi connectivity index (χ0v) is 17.5. The summed E-state index contributed by atoms with van der Waals surface area (Å²) >= 11 is 5.15. The van der Waals surface area contributed by atoms with Crippen LogP contribution in [0.25, 0.3) is 0 Å². The number of benzene rings is 1. The number of rotatable bonds is 5. The van der Waals surface area contributed by atoms with Gasteiger partial charge in [-0.1, -0.05) is 19.1 Å². The molecule has 1 aliphatic heterocycles. The summed E-state index contributed by atoms with van der Waals surface area (Å²) in [5.74, 6) is -0.246. The van der Waals surface area contributed by atoms with E-state index in [1.165, 1.54) is 4.88 Å². The summed E-state index contributed by atoms with van der Waals surface area (Å²) in [6.07, 6.45) is 0. The molecule has 0 aliphatic carbocycles. The van der Waals surface area contributed by atoms with Crippen LogP contribution in [0, 0.1) is 0 Å². The van der Waals surface area contributed by atoms with Gasteiger partial charge in [0.1, 0.15) is 5.54 Å². The van der Waals surface area contributed by atoms with E-state index in [4.69, 9.17) is 0 Å². The quantitative estimate of drug-likeness (QED) is 0.768. The lowest BCUT2D eigenvalue weighted by molar-refractivity contribution is -0.127. The maximum absolute atomic E-state index is 13.2. The minimum absolute atomic E-state index is 0.0743. The van der Waals surface area contributed by atoms with E-state index in [1.807, 2.05) is 37.3 Å². The van der Waals surface area contributed by atoms with Crippen molar-refractivity contribution in [3.8, 4) is 0 Å². The Labute approximate surface area is 166 Å². The summed E-state index contributed by atoms with van der Waals surface area (Å²) < 4.78 is 1.08. The van der Waals surface area contributed by atoms with Crippen molar-refractivity contribution in [2.24, 2.45) is 0 Å². The Kier molecular flexibility index (Phi) is 5.50. The Hall–Kier alpha value is -1.70. The molecule has 2 aromatic rings. The number of anilines is 2. The summed E-state index contributed by atoms with van der Waals surface area (Å²) in [6, 6.07) is 11.5. The van der Waals surface area contributed by atoms with Crippen LogP contribution in [0.4, 0.5) is 11.4 Å². The molecular weight excluding hydrogens is 414 g/mol. The molecule has 1 aromatic carbocycles. The highest BCUT2D eigenvalue weighted by atomic mass is 79.9. The topological polar surface area (TPSA) is 52.7 Å². The number of likely N-dealkylation sites (N-methyl/N-ethyl adjacent to an activating group) is 1. The molecule has 0 fully saturated rings. The predicted octanol–water partition coefficient (Wildman–Crippen LogP) is 4.10. The fourth-order valence-corrected chi connectivity index (χ4v) is 4.62. The van der Waals surface area contributed by atoms with Crippen molar-refractivity contribution in [1.82, 2.24) is 4.90 Å². The lowest BCUT2D eigenvalue weighted by Crippen LogP contribution is -2.60. The molecule has 1 aliphatic rings. The van der Waals surface area contributed by atoms with Crippen molar-refractivity contribution in [2.75, 3.05) is 23.3 Å². The fourth-order valence-electron chi connectivity index (χ4n) is 3.10. The first-order valence-electron chi connectivity index (χ1n) is 8.53. The van der Waals surface area contributed by atoms with Gasteiger partial charge in [0.05, 0.1) is 21.7 Å². The second kappa shape index (κ2) is 7.50. The van der Waals surface area contributed by atoms with Crippen LogP contribution in [0.5, 0.6) is 0 Å². The molecule has 0 bridgehead atoms.